The Labute approximate surface area is 262 Å². The summed E-state index contributed by atoms with van der Waals surface area (Å²) in [5.74, 6) is 1.30. The molecule has 2 heterocycles. The lowest BCUT2D eigenvalue weighted by Crippen LogP contribution is -2.44. The van der Waals surface area contributed by atoms with Gasteiger partial charge in [0.2, 0.25) is 5.91 Å². The number of nitrogens with zero attached hydrogens (tertiary/aromatic N) is 3. The van der Waals surface area contributed by atoms with Crippen molar-refractivity contribution in [1.82, 2.24) is 9.80 Å². The van der Waals surface area contributed by atoms with Crippen molar-refractivity contribution >= 4 is 51.9 Å². The van der Waals surface area contributed by atoms with E-state index < -0.39 is 5.91 Å². The van der Waals surface area contributed by atoms with E-state index in [1.54, 1.807) is 29.2 Å². The molecule has 3 aromatic rings. The Morgan fingerprint density at radius 2 is 1.63 bits per heavy atom. The van der Waals surface area contributed by atoms with E-state index in [2.05, 4.69) is 16.8 Å². The fourth-order valence-electron chi connectivity index (χ4n) is 4.89. The van der Waals surface area contributed by atoms with E-state index in [-0.39, 0.29) is 5.91 Å². The Balaban J connectivity index is 1.12. The molecule has 2 N–H and O–H groups in total. The number of hydrogen-bond donors (Lipinski definition) is 1. The number of carbonyl (C=O) groups excluding carboxylic acids is 2. The molecule has 0 saturated carbocycles. The predicted molar refractivity (Wildman–Crippen MR) is 177 cm³/mol. The summed E-state index contributed by atoms with van der Waals surface area (Å²) in [4.78, 5) is 31.6. The number of amides is 2. The van der Waals surface area contributed by atoms with Gasteiger partial charge in [-0.1, -0.05) is 42.2 Å². The maximum atomic E-state index is 13.3. The minimum atomic E-state index is -0.486. The van der Waals surface area contributed by atoms with Crippen LogP contribution in [0, 0.1) is 0 Å². The maximum Gasteiger partial charge on any atom is 0.270 e. The minimum Gasteiger partial charge on any atom is -0.494 e. The Kier molecular flexibility index (Phi) is 10.5. The third kappa shape index (κ3) is 8.45. The van der Waals surface area contributed by atoms with Crippen molar-refractivity contribution in [2.75, 3.05) is 51.3 Å². The maximum absolute atomic E-state index is 13.3. The first-order valence-corrected chi connectivity index (χ1v) is 15.7. The Morgan fingerprint density at radius 1 is 0.930 bits per heavy atom. The van der Waals surface area contributed by atoms with Crippen LogP contribution in [-0.2, 0) is 4.79 Å². The SMILES string of the molecule is CN1CCN(CCCCCOc2cccc(N3C(=O)C(=Cc4ccc(Oc5ccc(C(N)=O)cc5)cc4)SC3=S)c2)CC1. The number of primary amides is 1. The Hall–Kier alpha value is -3.70. The lowest BCUT2D eigenvalue weighted by atomic mass is 10.2. The second-order valence-corrected chi connectivity index (χ2v) is 12.3. The van der Waals surface area contributed by atoms with Gasteiger partial charge in [0.05, 0.1) is 17.2 Å². The van der Waals surface area contributed by atoms with Gasteiger partial charge in [0.25, 0.3) is 5.91 Å². The molecule has 0 aliphatic carbocycles. The van der Waals surface area contributed by atoms with Crippen LogP contribution in [0.2, 0.25) is 0 Å². The summed E-state index contributed by atoms with van der Waals surface area (Å²) in [5.41, 5.74) is 7.25. The van der Waals surface area contributed by atoms with E-state index in [9.17, 15) is 9.59 Å². The molecule has 0 aromatic heterocycles. The first-order chi connectivity index (χ1) is 20.9. The summed E-state index contributed by atoms with van der Waals surface area (Å²) in [6.07, 6.45) is 5.13. The molecule has 2 saturated heterocycles. The number of piperazine rings is 1. The molecular formula is C33H36N4O4S2. The summed E-state index contributed by atoms with van der Waals surface area (Å²) < 4.78 is 12.4. The largest absolute Gasteiger partial charge is 0.494 e. The molecule has 0 atom stereocenters. The lowest BCUT2D eigenvalue weighted by molar-refractivity contribution is -0.113. The number of benzene rings is 3. The van der Waals surface area contributed by atoms with Gasteiger partial charge in [0.1, 0.15) is 17.2 Å². The second kappa shape index (κ2) is 14.7. The van der Waals surface area contributed by atoms with E-state index >= 15 is 0 Å². The van der Waals surface area contributed by atoms with E-state index in [0.717, 1.165) is 56.9 Å². The number of unbranched alkanes of at least 4 members (excludes halogenated alkanes) is 2. The van der Waals surface area contributed by atoms with E-state index in [1.807, 2.05) is 54.6 Å². The number of thiocarbonyl (C=S) groups is 1. The number of rotatable bonds is 12. The molecule has 2 aliphatic heterocycles. The summed E-state index contributed by atoms with van der Waals surface area (Å²) in [6.45, 7) is 6.41. The van der Waals surface area contributed by atoms with Gasteiger partial charge in [0.15, 0.2) is 4.32 Å². The summed E-state index contributed by atoms with van der Waals surface area (Å²) in [7, 11) is 2.18. The molecule has 0 radical (unpaired) electrons. The van der Waals surface area contributed by atoms with Crippen molar-refractivity contribution in [2.45, 2.75) is 19.3 Å². The average molecular weight is 617 g/mol. The third-order valence-corrected chi connectivity index (χ3v) is 8.71. The summed E-state index contributed by atoms with van der Waals surface area (Å²) in [6, 6.07) is 21.6. The highest BCUT2D eigenvalue weighted by Gasteiger charge is 2.33. The molecule has 0 spiro atoms. The fraction of sp³-hybridized carbons (Fsp3) is 0.303. The third-order valence-electron chi connectivity index (χ3n) is 7.41. The monoisotopic (exact) mass is 616 g/mol. The highest BCUT2D eigenvalue weighted by Crippen LogP contribution is 2.37. The van der Waals surface area contributed by atoms with Crippen LogP contribution in [0.1, 0.15) is 35.2 Å². The van der Waals surface area contributed by atoms with Gasteiger partial charge >= 0.3 is 0 Å². The highest BCUT2D eigenvalue weighted by molar-refractivity contribution is 8.27. The molecule has 8 nitrogen and oxygen atoms in total. The van der Waals surface area contributed by atoms with Gasteiger partial charge in [-0.15, -0.1) is 0 Å². The van der Waals surface area contributed by atoms with Crippen LogP contribution in [0.4, 0.5) is 5.69 Å². The van der Waals surface area contributed by atoms with Crippen LogP contribution in [-0.4, -0.2) is 72.3 Å². The summed E-state index contributed by atoms with van der Waals surface area (Å²) in [5, 5.41) is 0. The molecule has 2 fully saturated rings. The zero-order valence-electron chi connectivity index (χ0n) is 24.2. The van der Waals surface area contributed by atoms with Crippen molar-refractivity contribution in [1.29, 1.82) is 0 Å². The van der Waals surface area contributed by atoms with Crippen molar-refractivity contribution in [3.63, 3.8) is 0 Å². The van der Waals surface area contributed by atoms with Gasteiger partial charge in [-0.3, -0.25) is 14.5 Å². The number of anilines is 1. The number of carbonyl (C=O) groups is 2. The zero-order valence-corrected chi connectivity index (χ0v) is 25.9. The van der Waals surface area contributed by atoms with Crippen LogP contribution in [0.3, 0.4) is 0 Å². The number of likely N-dealkylation sites (N-methyl/N-ethyl adjacent to an activating group) is 1. The van der Waals surface area contributed by atoms with Crippen LogP contribution in [0.25, 0.3) is 6.08 Å². The van der Waals surface area contributed by atoms with Gasteiger partial charge in [0, 0.05) is 37.8 Å². The predicted octanol–water partition coefficient (Wildman–Crippen LogP) is 5.78. The smallest absolute Gasteiger partial charge is 0.270 e. The number of hydrogen-bond acceptors (Lipinski definition) is 8. The van der Waals surface area contributed by atoms with Crippen LogP contribution in [0.5, 0.6) is 17.2 Å². The zero-order chi connectivity index (χ0) is 30.2. The molecule has 10 heteroatoms. The van der Waals surface area contributed by atoms with Crippen molar-refractivity contribution in [2.24, 2.45) is 5.73 Å². The number of nitrogens with two attached hydrogens (primary N) is 1. The van der Waals surface area contributed by atoms with E-state index in [1.165, 1.54) is 18.2 Å². The van der Waals surface area contributed by atoms with Crippen LogP contribution in [0.15, 0.2) is 77.7 Å². The van der Waals surface area contributed by atoms with Crippen LogP contribution >= 0.6 is 24.0 Å². The number of thioether (sulfide) groups is 1. The Morgan fingerprint density at radius 3 is 2.33 bits per heavy atom. The topological polar surface area (TPSA) is 88.3 Å². The molecule has 0 bridgehead atoms. The molecular weight excluding hydrogens is 581 g/mol. The van der Waals surface area contributed by atoms with Crippen molar-refractivity contribution in [3.8, 4) is 17.2 Å². The minimum absolute atomic E-state index is 0.161. The highest BCUT2D eigenvalue weighted by atomic mass is 32.2. The summed E-state index contributed by atoms with van der Waals surface area (Å²) >= 11 is 6.86. The number of ether oxygens (including phenoxy) is 2. The second-order valence-electron chi connectivity index (χ2n) is 10.6. The van der Waals surface area contributed by atoms with Crippen LogP contribution < -0.4 is 20.1 Å². The normalized spacial score (nSPS) is 17.0. The molecule has 2 aliphatic rings. The van der Waals surface area contributed by atoms with E-state index in [0.29, 0.717) is 38.6 Å². The molecule has 5 rings (SSSR count). The fourth-order valence-corrected chi connectivity index (χ4v) is 6.18. The van der Waals surface area contributed by atoms with Gasteiger partial charge in [-0.25, -0.2) is 0 Å². The van der Waals surface area contributed by atoms with Gasteiger partial charge in [-0.2, -0.15) is 0 Å². The standard InChI is InChI=1S/C33H36N4O4S2/c1-35-17-19-36(20-18-35)16-3-2-4-21-40-29-7-5-6-26(23-29)37-32(39)30(43-33(37)42)22-24-8-12-27(13-9-24)41-28-14-10-25(11-15-28)31(34)38/h5-15,22-23H,2-4,16-21H2,1H3,(H2,34,38). The van der Waals surface area contributed by atoms with Gasteiger partial charge in [-0.05, 0) is 93.0 Å². The molecule has 43 heavy (non-hydrogen) atoms. The Bertz CT molecular complexity index is 1470. The van der Waals surface area contributed by atoms with Crippen molar-refractivity contribution in [3.05, 3.63) is 88.8 Å². The van der Waals surface area contributed by atoms with Crippen molar-refractivity contribution < 1.29 is 19.1 Å². The molecule has 2 amide bonds. The lowest BCUT2D eigenvalue weighted by Gasteiger charge is -2.32. The first kappa shape index (κ1) is 30.7. The molecule has 3 aromatic carbocycles. The quantitative estimate of drug-likeness (QED) is 0.156. The van der Waals surface area contributed by atoms with Gasteiger partial charge < -0.3 is 25.0 Å². The molecule has 224 valence electrons. The van der Waals surface area contributed by atoms with E-state index in [4.69, 9.17) is 27.4 Å². The average Bonchev–Trinajstić information content (AvgIpc) is 3.29. The molecule has 0 unspecified atom stereocenters. The first-order valence-electron chi connectivity index (χ1n) is 14.5.